The van der Waals surface area contributed by atoms with Gasteiger partial charge in [-0.1, -0.05) is 42.5 Å². The van der Waals surface area contributed by atoms with Gasteiger partial charge in [-0.2, -0.15) is 0 Å². The minimum absolute atomic E-state index is 0.0985. The normalized spacial score (nSPS) is 22.0. The first-order valence-electron chi connectivity index (χ1n) is 10.3. The zero-order valence-corrected chi connectivity index (χ0v) is 16.2. The average molecular weight is 380 g/mol. The van der Waals surface area contributed by atoms with Crippen LogP contribution < -0.4 is 15.5 Å². The number of hydrogen-bond acceptors (Lipinski definition) is 3. The maximum atomic E-state index is 12.2. The van der Waals surface area contributed by atoms with E-state index in [9.17, 15) is 9.90 Å². The largest absolute Gasteiger partial charge is 0.396 e. The summed E-state index contributed by atoms with van der Waals surface area (Å²) in [6.07, 6.45) is 3.11. The molecule has 5 heteroatoms. The number of aliphatic hydroxyl groups is 1. The van der Waals surface area contributed by atoms with Gasteiger partial charge >= 0.3 is 6.03 Å². The molecule has 2 atom stereocenters. The number of carbonyl (C=O) groups excluding carboxylic acids is 1. The zero-order chi connectivity index (χ0) is 19.3. The molecule has 0 spiro atoms. The molecule has 0 bridgehead atoms. The van der Waals surface area contributed by atoms with Crippen molar-refractivity contribution in [2.75, 3.05) is 24.6 Å². The number of amides is 2. The van der Waals surface area contributed by atoms with Crippen molar-refractivity contribution >= 4 is 11.7 Å². The van der Waals surface area contributed by atoms with Crippen LogP contribution in [0, 0.1) is 5.92 Å². The van der Waals surface area contributed by atoms with Crippen LogP contribution in [-0.4, -0.2) is 36.9 Å². The van der Waals surface area contributed by atoms with Crippen LogP contribution in [0.1, 0.15) is 36.3 Å². The zero-order valence-electron chi connectivity index (χ0n) is 16.2. The van der Waals surface area contributed by atoms with Crippen molar-refractivity contribution in [3.63, 3.8) is 0 Å². The summed E-state index contributed by atoms with van der Waals surface area (Å²) in [6.45, 7) is 2.82. The monoisotopic (exact) mass is 379 g/mol. The Labute approximate surface area is 166 Å². The number of anilines is 1. The Morgan fingerprint density at radius 1 is 1.04 bits per heavy atom. The Hall–Kier alpha value is -2.53. The van der Waals surface area contributed by atoms with Gasteiger partial charge in [0, 0.05) is 43.9 Å². The van der Waals surface area contributed by atoms with E-state index in [1.807, 2.05) is 18.2 Å². The average Bonchev–Trinajstić information content (AvgIpc) is 3.52. The molecule has 0 aromatic heterocycles. The van der Waals surface area contributed by atoms with Crippen LogP contribution in [0.25, 0.3) is 0 Å². The van der Waals surface area contributed by atoms with Gasteiger partial charge in [0.25, 0.3) is 0 Å². The van der Waals surface area contributed by atoms with Gasteiger partial charge in [0.15, 0.2) is 0 Å². The van der Waals surface area contributed by atoms with Crippen LogP contribution in [0.3, 0.4) is 0 Å². The predicted octanol–water partition coefficient (Wildman–Crippen LogP) is 3.25. The minimum Gasteiger partial charge on any atom is -0.396 e. The molecule has 1 saturated heterocycles. The standard InChI is InChI=1S/C23H29N3O2/c27-16-18-10-12-26(13-11-18)20-8-6-17(7-9-20)15-24-23(28)25-22-14-21(22)19-4-2-1-3-5-19/h1-9,18,21-22,27H,10-16H2,(H2,24,25,28). The van der Waals surface area contributed by atoms with Gasteiger partial charge in [0.2, 0.25) is 0 Å². The molecular weight excluding hydrogens is 350 g/mol. The summed E-state index contributed by atoms with van der Waals surface area (Å²) in [5.41, 5.74) is 3.61. The summed E-state index contributed by atoms with van der Waals surface area (Å²) < 4.78 is 0. The number of rotatable bonds is 6. The van der Waals surface area contributed by atoms with Crippen LogP contribution in [0.5, 0.6) is 0 Å². The smallest absolute Gasteiger partial charge is 0.315 e. The summed E-state index contributed by atoms with van der Waals surface area (Å²) in [5, 5.41) is 15.3. The molecule has 4 rings (SSSR count). The first-order valence-corrected chi connectivity index (χ1v) is 10.3. The highest BCUT2D eigenvalue weighted by molar-refractivity contribution is 5.75. The third-order valence-corrected chi connectivity index (χ3v) is 5.96. The lowest BCUT2D eigenvalue weighted by Crippen LogP contribution is -2.37. The number of aliphatic hydroxyl groups excluding tert-OH is 1. The van der Waals surface area contributed by atoms with Gasteiger partial charge in [-0.05, 0) is 48.4 Å². The number of nitrogens with one attached hydrogen (secondary N) is 2. The second-order valence-corrected chi connectivity index (χ2v) is 7.97. The molecule has 1 heterocycles. The first kappa shape index (κ1) is 18.8. The Balaban J connectivity index is 1.20. The Bertz CT molecular complexity index is 770. The van der Waals surface area contributed by atoms with Crippen LogP contribution in [0.4, 0.5) is 10.5 Å². The molecule has 0 radical (unpaired) electrons. The Morgan fingerprint density at radius 3 is 2.43 bits per heavy atom. The second kappa shape index (κ2) is 8.65. The lowest BCUT2D eigenvalue weighted by Gasteiger charge is -2.33. The van der Waals surface area contributed by atoms with Crippen molar-refractivity contribution in [2.24, 2.45) is 5.92 Å². The number of carbonyl (C=O) groups is 1. The van der Waals surface area contributed by atoms with E-state index in [4.69, 9.17) is 0 Å². The van der Waals surface area contributed by atoms with E-state index in [1.165, 1.54) is 11.3 Å². The molecule has 2 aromatic rings. The second-order valence-electron chi connectivity index (χ2n) is 7.97. The van der Waals surface area contributed by atoms with Gasteiger partial charge in [0.05, 0.1) is 0 Å². The molecule has 2 amide bonds. The Morgan fingerprint density at radius 2 is 1.75 bits per heavy atom. The number of nitrogens with zero attached hydrogens (tertiary/aromatic N) is 1. The van der Waals surface area contributed by atoms with Crippen LogP contribution in [0.2, 0.25) is 0 Å². The molecule has 5 nitrogen and oxygen atoms in total. The fourth-order valence-corrected chi connectivity index (χ4v) is 4.02. The third kappa shape index (κ3) is 4.65. The van der Waals surface area contributed by atoms with Crippen molar-refractivity contribution in [2.45, 2.75) is 37.8 Å². The highest BCUT2D eigenvalue weighted by Crippen LogP contribution is 2.40. The third-order valence-electron chi connectivity index (χ3n) is 5.96. The van der Waals surface area contributed by atoms with E-state index in [0.29, 0.717) is 25.0 Å². The summed E-state index contributed by atoms with van der Waals surface area (Å²) in [6, 6.07) is 18.9. The fourth-order valence-electron chi connectivity index (χ4n) is 4.02. The molecule has 2 aliphatic rings. The molecule has 28 heavy (non-hydrogen) atoms. The molecule has 1 saturated carbocycles. The minimum atomic E-state index is -0.0985. The highest BCUT2D eigenvalue weighted by Gasteiger charge is 2.39. The lowest BCUT2D eigenvalue weighted by atomic mass is 9.97. The summed E-state index contributed by atoms with van der Waals surface area (Å²) in [4.78, 5) is 14.5. The highest BCUT2D eigenvalue weighted by atomic mass is 16.3. The molecule has 2 aromatic carbocycles. The topological polar surface area (TPSA) is 64.6 Å². The SMILES string of the molecule is O=C(NCc1ccc(N2CCC(CO)CC2)cc1)NC1CC1c1ccccc1. The molecule has 2 unspecified atom stereocenters. The number of urea groups is 1. The fraction of sp³-hybridized carbons (Fsp3) is 0.435. The van der Waals surface area contributed by atoms with Crippen LogP contribution in [0.15, 0.2) is 54.6 Å². The van der Waals surface area contributed by atoms with Crippen molar-refractivity contribution in [3.05, 3.63) is 65.7 Å². The van der Waals surface area contributed by atoms with Crippen LogP contribution >= 0.6 is 0 Å². The quantitative estimate of drug-likeness (QED) is 0.722. The molecule has 3 N–H and O–H groups in total. The summed E-state index contributed by atoms with van der Waals surface area (Å²) in [7, 11) is 0. The van der Waals surface area contributed by atoms with Gasteiger partial charge in [-0.25, -0.2) is 4.79 Å². The van der Waals surface area contributed by atoms with E-state index in [2.05, 4.69) is 51.9 Å². The van der Waals surface area contributed by atoms with Crippen molar-refractivity contribution in [1.29, 1.82) is 0 Å². The molecule has 2 fully saturated rings. The first-order chi connectivity index (χ1) is 13.7. The number of piperidine rings is 1. The van der Waals surface area contributed by atoms with E-state index in [1.54, 1.807) is 0 Å². The Kier molecular flexibility index (Phi) is 5.81. The van der Waals surface area contributed by atoms with Crippen molar-refractivity contribution in [1.82, 2.24) is 10.6 Å². The van der Waals surface area contributed by atoms with Gasteiger partial charge in [0.1, 0.15) is 0 Å². The van der Waals surface area contributed by atoms with Gasteiger partial charge in [-0.3, -0.25) is 0 Å². The van der Waals surface area contributed by atoms with Crippen LogP contribution in [-0.2, 0) is 6.54 Å². The predicted molar refractivity (Wildman–Crippen MR) is 111 cm³/mol. The van der Waals surface area contributed by atoms with E-state index >= 15 is 0 Å². The maximum absolute atomic E-state index is 12.2. The maximum Gasteiger partial charge on any atom is 0.315 e. The van der Waals surface area contributed by atoms with Crippen molar-refractivity contribution in [3.8, 4) is 0 Å². The summed E-state index contributed by atoms with van der Waals surface area (Å²) in [5.74, 6) is 0.896. The van der Waals surface area contributed by atoms with Gasteiger partial charge in [-0.15, -0.1) is 0 Å². The van der Waals surface area contributed by atoms with E-state index in [-0.39, 0.29) is 12.1 Å². The molecule has 1 aliphatic heterocycles. The van der Waals surface area contributed by atoms with Gasteiger partial charge < -0.3 is 20.6 Å². The van der Waals surface area contributed by atoms with E-state index < -0.39 is 0 Å². The van der Waals surface area contributed by atoms with Crippen molar-refractivity contribution < 1.29 is 9.90 Å². The molecular formula is C23H29N3O2. The lowest BCUT2D eigenvalue weighted by molar-refractivity contribution is 0.203. The molecule has 148 valence electrons. The molecule has 1 aliphatic carbocycles. The summed E-state index contributed by atoms with van der Waals surface area (Å²) >= 11 is 0. The number of hydrogen-bond donors (Lipinski definition) is 3. The number of benzene rings is 2. The van der Waals surface area contributed by atoms with E-state index in [0.717, 1.165) is 37.9 Å².